The molecule has 2 unspecified atom stereocenters. The number of carbonyl (C=O) groups excluding carboxylic acids is 3. The van der Waals surface area contributed by atoms with E-state index in [0.717, 1.165) is 22.3 Å². The molecule has 1 heterocycles. The predicted molar refractivity (Wildman–Crippen MR) is 170 cm³/mol. The Labute approximate surface area is 264 Å². The molecule has 10 nitrogen and oxygen atoms in total. The first-order valence-electron chi connectivity index (χ1n) is 15.6. The van der Waals surface area contributed by atoms with Crippen molar-refractivity contribution < 1.29 is 27.6 Å². The van der Waals surface area contributed by atoms with E-state index in [4.69, 9.17) is 4.84 Å². The average molecular weight is 633 g/mol. The highest BCUT2D eigenvalue weighted by molar-refractivity contribution is 7.91. The molecule has 1 saturated heterocycles. The second kappa shape index (κ2) is 11.4. The lowest BCUT2D eigenvalue weighted by molar-refractivity contribution is -0.140. The van der Waals surface area contributed by atoms with Crippen molar-refractivity contribution in [2.75, 3.05) is 6.54 Å². The van der Waals surface area contributed by atoms with E-state index in [-0.39, 0.29) is 37.1 Å². The van der Waals surface area contributed by atoms with E-state index in [9.17, 15) is 22.8 Å². The summed E-state index contributed by atoms with van der Waals surface area (Å²) < 4.78 is 27.2. The van der Waals surface area contributed by atoms with E-state index in [0.29, 0.717) is 25.0 Å². The minimum absolute atomic E-state index is 0.0847. The van der Waals surface area contributed by atoms with E-state index in [1.54, 1.807) is 6.08 Å². The van der Waals surface area contributed by atoms with Gasteiger partial charge in [-0.2, -0.15) is 0 Å². The number of fused-ring (bicyclic) bond motifs is 3. The Bertz CT molecular complexity index is 1640. The summed E-state index contributed by atoms with van der Waals surface area (Å²) in [6, 6.07) is 15.0. The molecule has 6 rings (SSSR count). The van der Waals surface area contributed by atoms with Gasteiger partial charge in [0, 0.05) is 29.9 Å². The number of hydrogen-bond donors (Lipinski definition) is 2. The molecule has 0 bridgehead atoms. The number of oxime groups is 1. The van der Waals surface area contributed by atoms with Crippen molar-refractivity contribution in [3.05, 3.63) is 72.3 Å². The summed E-state index contributed by atoms with van der Waals surface area (Å²) in [5.41, 5.74) is 3.19. The second-order valence-electron chi connectivity index (χ2n) is 13.8. The number of hydrogen-bond acceptors (Lipinski definition) is 7. The molecule has 4 atom stereocenters. The van der Waals surface area contributed by atoms with Crippen LogP contribution in [0.25, 0.3) is 11.1 Å². The van der Waals surface area contributed by atoms with Crippen LogP contribution in [0, 0.1) is 11.3 Å². The van der Waals surface area contributed by atoms with Crippen LogP contribution in [0.15, 0.2) is 66.3 Å². The van der Waals surface area contributed by atoms with Gasteiger partial charge in [-0.25, -0.2) is 8.42 Å². The maximum absolute atomic E-state index is 13.9. The minimum Gasteiger partial charge on any atom is -0.390 e. The molecule has 0 radical (unpaired) electrons. The zero-order chi connectivity index (χ0) is 32.1. The molecule has 2 N–H and O–H groups in total. The molecular weight excluding hydrogens is 592 g/mol. The van der Waals surface area contributed by atoms with Crippen LogP contribution in [0.4, 0.5) is 0 Å². The van der Waals surface area contributed by atoms with Gasteiger partial charge in [0.25, 0.3) is 5.91 Å². The van der Waals surface area contributed by atoms with Gasteiger partial charge in [-0.1, -0.05) is 80.5 Å². The molecule has 2 aromatic rings. The lowest BCUT2D eigenvalue weighted by Gasteiger charge is -2.27. The largest absolute Gasteiger partial charge is 0.390 e. The maximum Gasteiger partial charge on any atom is 0.259 e. The molecule has 1 aliphatic heterocycles. The lowest BCUT2D eigenvalue weighted by atomic mass is 9.90. The predicted octanol–water partition coefficient (Wildman–Crippen LogP) is 3.90. The maximum atomic E-state index is 13.9. The van der Waals surface area contributed by atoms with Crippen LogP contribution in [0.2, 0.25) is 0 Å². The summed E-state index contributed by atoms with van der Waals surface area (Å²) in [5, 5.41) is 6.80. The second-order valence-corrected chi connectivity index (χ2v) is 15.8. The van der Waals surface area contributed by atoms with Crippen LogP contribution < -0.4 is 10.0 Å². The summed E-state index contributed by atoms with van der Waals surface area (Å²) in [6.07, 6.45) is 3.25. The topological polar surface area (TPSA) is 134 Å². The van der Waals surface area contributed by atoms with E-state index >= 15 is 0 Å². The Morgan fingerprint density at radius 1 is 1.04 bits per heavy atom. The molecule has 3 aliphatic carbocycles. The van der Waals surface area contributed by atoms with Crippen molar-refractivity contribution in [2.45, 2.75) is 82.2 Å². The minimum atomic E-state index is -3.81. The van der Waals surface area contributed by atoms with E-state index < -0.39 is 50.7 Å². The monoisotopic (exact) mass is 632 g/mol. The van der Waals surface area contributed by atoms with Crippen molar-refractivity contribution in [3.8, 4) is 11.1 Å². The molecular formula is C34H40N4O6S. The first-order chi connectivity index (χ1) is 21.3. The number of likely N-dealkylation sites (tertiary alicyclic amines) is 1. The molecule has 4 aliphatic rings. The van der Waals surface area contributed by atoms with Gasteiger partial charge >= 0.3 is 0 Å². The number of sulfonamides is 1. The Hall–Kier alpha value is -3.99. The number of carbonyl (C=O) groups is 3. The van der Waals surface area contributed by atoms with Gasteiger partial charge in [-0.3, -0.25) is 19.1 Å². The van der Waals surface area contributed by atoms with Gasteiger partial charge < -0.3 is 15.1 Å². The first-order valence-corrected chi connectivity index (χ1v) is 17.1. The zero-order valence-electron chi connectivity index (χ0n) is 25.9. The molecule has 2 aromatic carbocycles. The van der Waals surface area contributed by atoms with Crippen LogP contribution >= 0.6 is 0 Å². The third-order valence-corrected chi connectivity index (χ3v) is 11.0. The lowest BCUT2D eigenvalue weighted by Crippen LogP contribution is -2.56. The normalized spacial score (nSPS) is 25.2. The summed E-state index contributed by atoms with van der Waals surface area (Å²) in [7, 11) is -3.81. The number of benzene rings is 2. The highest BCUT2D eigenvalue weighted by Gasteiger charge is 2.62. The number of nitrogens with one attached hydrogen (secondary N) is 2. The zero-order valence-corrected chi connectivity index (χ0v) is 26.7. The Balaban J connectivity index is 1.22. The molecule has 3 amide bonds. The fourth-order valence-electron chi connectivity index (χ4n) is 6.26. The third-order valence-electron chi connectivity index (χ3n) is 9.17. The van der Waals surface area contributed by atoms with Crippen LogP contribution in [-0.2, 0) is 29.2 Å². The smallest absolute Gasteiger partial charge is 0.259 e. The van der Waals surface area contributed by atoms with E-state index in [1.165, 1.54) is 4.90 Å². The van der Waals surface area contributed by atoms with Gasteiger partial charge in [0.05, 0.1) is 11.8 Å². The van der Waals surface area contributed by atoms with Gasteiger partial charge in [0.2, 0.25) is 21.8 Å². The number of rotatable bonds is 10. The Morgan fingerprint density at radius 3 is 2.18 bits per heavy atom. The Morgan fingerprint density at radius 2 is 1.64 bits per heavy atom. The number of nitrogens with zero attached hydrogens (tertiary/aromatic N) is 2. The van der Waals surface area contributed by atoms with Gasteiger partial charge in [-0.05, 0) is 42.2 Å². The van der Waals surface area contributed by atoms with Crippen LogP contribution in [0.1, 0.15) is 70.4 Å². The van der Waals surface area contributed by atoms with Crippen molar-refractivity contribution in [1.29, 1.82) is 0 Å². The van der Waals surface area contributed by atoms with Gasteiger partial charge in [0.1, 0.15) is 23.4 Å². The third kappa shape index (κ3) is 6.14. The summed E-state index contributed by atoms with van der Waals surface area (Å²) >= 11 is 0. The van der Waals surface area contributed by atoms with Gasteiger partial charge in [0.15, 0.2) is 0 Å². The van der Waals surface area contributed by atoms with Crippen LogP contribution in [0.5, 0.6) is 0 Å². The standard InChI is InChI=1S/C34H40N4O6S/c1-5-21-19-34(21,32(41)37-45(42,43)23-14-15-23)35-31(40)28-18-22(20-38(28)29(39)16-17-33(2,3)4)44-36-30-26-12-8-6-10-24(26)25-11-7-9-13-27(25)30/h5-13,21-23,28H,1,14-20H2,2-4H3,(H,35,40)(H,37,41)/t21-,22?,28?,34-/m1/s1. The number of amides is 3. The molecule has 0 spiro atoms. The van der Waals surface area contributed by atoms with E-state index in [1.807, 2.05) is 69.3 Å². The summed E-state index contributed by atoms with van der Waals surface area (Å²) in [6.45, 7) is 10.1. The molecule has 0 aromatic heterocycles. The van der Waals surface area contributed by atoms with Crippen LogP contribution in [-0.4, -0.2) is 66.2 Å². The molecule has 238 valence electrons. The fourth-order valence-corrected chi connectivity index (χ4v) is 7.63. The van der Waals surface area contributed by atoms with Crippen LogP contribution in [0.3, 0.4) is 0 Å². The van der Waals surface area contributed by atoms with Crippen molar-refractivity contribution >= 4 is 33.5 Å². The highest BCUT2D eigenvalue weighted by atomic mass is 32.2. The fraction of sp³-hybridized carbons (Fsp3) is 0.471. The Kier molecular flexibility index (Phi) is 7.87. The van der Waals surface area contributed by atoms with E-state index in [2.05, 4.69) is 21.8 Å². The van der Waals surface area contributed by atoms with Gasteiger partial charge in [-0.15, -0.1) is 6.58 Å². The van der Waals surface area contributed by atoms with Crippen molar-refractivity contribution in [2.24, 2.45) is 16.5 Å². The molecule has 3 fully saturated rings. The molecule has 11 heteroatoms. The summed E-state index contributed by atoms with van der Waals surface area (Å²) in [5.74, 6) is -1.92. The quantitative estimate of drug-likeness (QED) is 0.257. The molecule has 2 saturated carbocycles. The van der Waals surface area contributed by atoms with Crippen molar-refractivity contribution in [1.82, 2.24) is 14.9 Å². The average Bonchev–Trinajstić information content (AvgIpc) is 3.91. The highest BCUT2D eigenvalue weighted by Crippen LogP contribution is 2.45. The van der Waals surface area contributed by atoms with Crippen molar-refractivity contribution in [3.63, 3.8) is 0 Å². The summed E-state index contributed by atoms with van der Waals surface area (Å²) in [4.78, 5) is 48.3. The molecule has 45 heavy (non-hydrogen) atoms. The SMILES string of the molecule is C=C[C@@H]1C[C@]1(NC(=O)C1CC(ON=C2c3ccccc3-c3ccccc32)CN1C(=O)CCC(C)(C)C)C(=O)NS(=O)(=O)C1CC1. The first kappa shape index (κ1) is 31.0.